The van der Waals surface area contributed by atoms with Crippen molar-refractivity contribution >= 4 is 18.0 Å². The fourth-order valence-electron chi connectivity index (χ4n) is 1.97. The number of benzene rings is 1. The molecule has 0 spiro atoms. The van der Waals surface area contributed by atoms with Crippen LogP contribution in [0.5, 0.6) is 5.75 Å². The average Bonchev–Trinajstić information content (AvgIpc) is 2.59. The van der Waals surface area contributed by atoms with Crippen LogP contribution < -0.4 is 4.74 Å². The fourth-order valence-corrected chi connectivity index (χ4v) is 1.97. The largest absolute Gasteiger partial charge is 0.497 e. The highest BCUT2D eigenvalue weighted by Gasteiger charge is 2.46. The summed E-state index contributed by atoms with van der Waals surface area (Å²) in [4.78, 5) is 24.6. The van der Waals surface area contributed by atoms with E-state index in [4.69, 9.17) is 14.2 Å². The third-order valence-electron chi connectivity index (χ3n) is 3.60. The minimum atomic E-state index is -1.57. The van der Waals surface area contributed by atoms with Crippen LogP contribution >= 0.6 is 0 Å². The van der Waals surface area contributed by atoms with E-state index < -0.39 is 17.4 Å². The summed E-state index contributed by atoms with van der Waals surface area (Å²) in [5.74, 6) is -0.602. The molecule has 0 radical (unpaired) electrons. The van der Waals surface area contributed by atoms with Crippen molar-refractivity contribution in [1.82, 2.24) is 0 Å². The van der Waals surface area contributed by atoms with Gasteiger partial charge < -0.3 is 14.2 Å². The van der Waals surface area contributed by atoms with Crippen molar-refractivity contribution in [3.05, 3.63) is 48.1 Å². The summed E-state index contributed by atoms with van der Waals surface area (Å²) in [6.45, 7) is 9.03. The molecule has 1 aromatic carbocycles. The van der Waals surface area contributed by atoms with E-state index in [9.17, 15) is 9.59 Å². The first-order valence-corrected chi connectivity index (χ1v) is 7.76. The zero-order valence-electron chi connectivity index (χ0n) is 14.6. The minimum absolute atomic E-state index is 0.170. The van der Waals surface area contributed by atoms with Crippen LogP contribution in [0.25, 0.3) is 6.08 Å². The molecule has 0 aliphatic carbocycles. The van der Waals surface area contributed by atoms with Gasteiger partial charge >= 0.3 is 11.9 Å². The predicted octanol–water partition coefficient (Wildman–Crippen LogP) is 3.40. The third kappa shape index (κ3) is 4.47. The topological polar surface area (TPSA) is 61.8 Å². The average molecular weight is 332 g/mol. The Labute approximate surface area is 142 Å². The summed E-state index contributed by atoms with van der Waals surface area (Å²) in [7, 11) is 1.59. The quantitative estimate of drug-likeness (QED) is 0.415. The van der Waals surface area contributed by atoms with Crippen molar-refractivity contribution < 1.29 is 23.8 Å². The first kappa shape index (κ1) is 19.5. The smallest absolute Gasteiger partial charge is 0.327 e. The SMILES string of the molecule is C=C(/C=C/c1ccc(OC)cc1)C(C)(C(=O)OCC)C(=O)OCC. The lowest BCUT2D eigenvalue weighted by atomic mass is 9.82. The molecule has 130 valence electrons. The van der Waals surface area contributed by atoms with Crippen molar-refractivity contribution in [2.75, 3.05) is 20.3 Å². The van der Waals surface area contributed by atoms with E-state index in [-0.39, 0.29) is 13.2 Å². The monoisotopic (exact) mass is 332 g/mol. The molecule has 0 heterocycles. The number of hydrogen-bond donors (Lipinski definition) is 0. The van der Waals surface area contributed by atoms with Gasteiger partial charge in [0.2, 0.25) is 0 Å². The molecule has 0 aliphatic rings. The first-order chi connectivity index (χ1) is 11.4. The van der Waals surface area contributed by atoms with Crippen molar-refractivity contribution in [3.63, 3.8) is 0 Å². The molecule has 5 nitrogen and oxygen atoms in total. The summed E-state index contributed by atoms with van der Waals surface area (Å²) in [5.41, 5.74) is -0.392. The molecule has 0 fully saturated rings. The Morgan fingerprint density at radius 2 is 1.58 bits per heavy atom. The van der Waals surface area contributed by atoms with E-state index in [1.165, 1.54) is 6.92 Å². The van der Waals surface area contributed by atoms with E-state index >= 15 is 0 Å². The van der Waals surface area contributed by atoms with E-state index in [1.54, 1.807) is 33.1 Å². The van der Waals surface area contributed by atoms with Gasteiger partial charge in [0.25, 0.3) is 0 Å². The van der Waals surface area contributed by atoms with E-state index in [2.05, 4.69) is 6.58 Å². The van der Waals surface area contributed by atoms with Crippen LogP contribution in [-0.2, 0) is 19.1 Å². The number of methoxy groups -OCH3 is 1. The van der Waals surface area contributed by atoms with Gasteiger partial charge in [-0.15, -0.1) is 0 Å². The zero-order chi connectivity index (χ0) is 18.2. The summed E-state index contributed by atoms with van der Waals surface area (Å²) < 4.78 is 15.2. The van der Waals surface area contributed by atoms with Crippen LogP contribution in [0.2, 0.25) is 0 Å². The van der Waals surface area contributed by atoms with Gasteiger partial charge in [-0.25, -0.2) is 0 Å². The minimum Gasteiger partial charge on any atom is -0.497 e. The lowest BCUT2D eigenvalue weighted by molar-refractivity contribution is -0.167. The Balaban J connectivity index is 3.04. The van der Waals surface area contributed by atoms with Gasteiger partial charge in [-0.05, 0) is 44.0 Å². The predicted molar refractivity (Wildman–Crippen MR) is 92.5 cm³/mol. The van der Waals surface area contributed by atoms with E-state index in [1.807, 2.05) is 24.3 Å². The van der Waals surface area contributed by atoms with Crippen molar-refractivity contribution in [3.8, 4) is 5.75 Å². The highest BCUT2D eigenvalue weighted by molar-refractivity contribution is 6.03. The van der Waals surface area contributed by atoms with E-state index in [0.717, 1.165) is 11.3 Å². The number of hydrogen-bond acceptors (Lipinski definition) is 5. The first-order valence-electron chi connectivity index (χ1n) is 7.76. The lowest BCUT2D eigenvalue weighted by Gasteiger charge is -2.25. The van der Waals surface area contributed by atoms with Gasteiger partial charge in [-0.1, -0.05) is 30.9 Å². The van der Waals surface area contributed by atoms with Crippen molar-refractivity contribution in [1.29, 1.82) is 0 Å². The Kier molecular flexibility index (Phi) is 7.24. The Morgan fingerprint density at radius 1 is 1.08 bits per heavy atom. The van der Waals surface area contributed by atoms with Crippen LogP contribution in [-0.4, -0.2) is 32.3 Å². The third-order valence-corrected chi connectivity index (χ3v) is 3.60. The van der Waals surface area contributed by atoms with Crippen LogP contribution in [0.15, 0.2) is 42.5 Å². The zero-order valence-corrected chi connectivity index (χ0v) is 14.6. The van der Waals surface area contributed by atoms with Crippen LogP contribution in [0.3, 0.4) is 0 Å². The molecule has 0 amide bonds. The Hall–Kier alpha value is -2.56. The number of rotatable bonds is 8. The molecule has 0 aliphatic heterocycles. The standard InChI is InChI=1S/C19H24O5/c1-6-23-17(20)19(4,18(21)24-7-2)14(3)8-9-15-10-12-16(22-5)13-11-15/h8-13H,3,6-7H2,1-2,4-5H3/b9-8+. The number of esters is 2. The molecular weight excluding hydrogens is 308 g/mol. The van der Waals surface area contributed by atoms with Gasteiger partial charge in [-0.3, -0.25) is 9.59 Å². The number of ether oxygens (including phenoxy) is 3. The molecular formula is C19H24O5. The lowest BCUT2D eigenvalue weighted by Crippen LogP contribution is -2.40. The molecule has 5 heteroatoms. The molecule has 0 unspecified atom stereocenters. The van der Waals surface area contributed by atoms with Gasteiger partial charge in [0.05, 0.1) is 20.3 Å². The maximum atomic E-state index is 12.3. The summed E-state index contributed by atoms with van der Waals surface area (Å²) in [6.07, 6.45) is 3.38. The second kappa shape index (κ2) is 8.91. The molecule has 0 N–H and O–H groups in total. The second-order valence-electron chi connectivity index (χ2n) is 5.20. The fraction of sp³-hybridized carbons (Fsp3) is 0.368. The number of carbonyl (C=O) groups is 2. The van der Waals surface area contributed by atoms with Gasteiger partial charge in [0.1, 0.15) is 5.75 Å². The number of carbonyl (C=O) groups excluding carboxylic acids is 2. The van der Waals surface area contributed by atoms with Gasteiger partial charge in [0.15, 0.2) is 5.41 Å². The highest BCUT2D eigenvalue weighted by Crippen LogP contribution is 2.31. The van der Waals surface area contributed by atoms with Crippen molar-refractivity contribution in [2.45, 2.75) is 20.8 Å². The number of allylic oxidation sites excluding steroid dienone is 1. The maximum Gasteiger partial charge on any atom is 0.327 e. The Bertz CT molecular complexity index is 595. The van der Waals surface area contributed by atoms with Crippen LogP contribution in [0, 0.1) is 5.41 Å². The molecule has 0 aromatic heterocycles. The molecule has 0 saturated heterocycles. The maximum absolute atomic E-state index is 12.3. The second-order valence-corrected chi connectivity index (χ2v) is 5.20. The molecule has 0 saturated carbocycles. The van der Waals surface area contributed by atoms with Gasteiger partial charge in [0, 0.05) is 0 Å². The Morgan fingerprint density at radius 3 is 2.00 bits per heavy atom. The summed E-state index contributed by atoms with van der Waals surface area (Å²) >= 11 is 0. The van der Waals surface area contributed by atoms with Gasteiger partial charge in [-0.2, -0.15) is 0 Å². The normalized spacial score (nSPS) is 11.2. The van der Waals surface area contributed by atoms with E-state index in [0.29, 0.717) is 5.57 Å². The summed E-state index contributed by atoms with van der Waals surface area (Å²) in [5, 5.41) is 0. The molecule has 1 aromatic rings. The van der Waals surface area contributed by atoms with Crippen LogP contribution in [0.1, 0.15) is 26.3 Å². The molecule has 0 bridgehead atoms. The van der Waals surface area contributed by atoms with Crippen molar-refractivity contribution in [2.24, 2.45) is 5.41 Å². The van der Waals surface area contributed by atoms with Crippen LogP contribution in [0.4, 0.5) is 0 Å². The molecule has 24 heavy (non-hydrogen) atoms. The molecule has 1 rings (SSSR count). The summed E-state index contributed by atoms with van der Waals surface area (Å²) in [6, 6.07) is 7.35. The molecule has 0 atom stereocenters. The highest BCUT2D eigenvalue weighted by atomic mass is 16.6.